The minimum atomic E-state index is -0.0377. The largest absolute Gasteiger partial charge is 0.378 e. The maximum Gasteiger partial charge on any atom is 0.179 e. The molecule has 1 unspecified atom stereocenters. The summed E-state index contributed by atoms with van der Waals surface area (Å²) in [6, 6.07) is 7.93. The zero-order valence-corrected chi connectivity index (χ0v) is 16.6. The lowest BCUT2D eigenvalue weighted by Gasteiger charge is -2.29. The molecule has 0 spiro atoms. The summed E-state index contributed by atoms with van der Waals surface area (Å²) in [4.78, 5) is 16.7. The Hall–Kier alpha value is -1.39. The Labute approximate surface area is 148 Å². The van der Waals surface area contributed by atoms with Gasteiger partial charge in [0.05, 0.1) is 19.3 Å². The number of rotatable bonds is 5. The van der Waals surface area contributed by atoms with Crippen molar-refractivity contribution in [3.05, 3.63) is 29.8 Å². The highest BCUT2D eigenvalue weighted by Gasteiger charge is 2.20. The van der Waals surface area contributed by atoms with Crippen LogP contribution >= 0.6 is 0 Å². The highest BCUT2D eigenvalue weighted by atomic mass is 16.5. The third kappa shape index (κ3) is 6.62. The maximum atomic E-state index is 12.4. The van der Waals surface area contributed by atoms with E-state index in [9.17, 15) is 4.79 Å². The van der Waals surface area contributed by atoms with Gasteiger partial charge >= 0.3 is 0 Å². The van der Waals surface area contributed by atoms with Crippen molar-refractivity contribution in [2.24, 2.45) is 0 Å². The molecule has 138 valence electrons. The van der Waals surface area contributed by atoms with Crippen LogP contribution < -0.4 is 4.90 Å². The molecule has 0 N–H and O–H groups in total. The molecule has 0 saturated carbocycles. The van der Waals surface area contributed by atoms with E-state index in [1.165, 1.54) is 5.69 Å². The number of ether oxygens (including phenoxy) is 1. The van der Waals surface area contributed by atoms with Crippen LogP contribution in [0.2, 0.25) is 0 Å². The van der Waals surface area contributed by atoms with Crippen molar-refractivity contribution in [2.45, 2.75) is 47.1 Å². The van der Waals surface area contributed by atoms with Gasteiger partial charge in [0, 0.05) is 24.3 Å². The summed E-state index contributed by atoms with van der Waals surface area (Å²) in [5, 5.41) is 0. The number of carbonyl (C=O) groups excluding carboxylic acids is 1. The van der Waals surface area contributed by atoms with Crippen LogP contribution in [0.4, 0.5) is 5.69 Å². The molecule has 1 heterocycles. The van der Waals surface area contributed by atoms with E-state index in [0.717, 1.165) is 38.3 Å². The van der Waals surface area contributed by atoms with Gasteiger partial charge in [0.25, 0.3) is 0 Å². The number of benzene rings is 1. The SMILES string of the molecule is CC.CC.CCC(C(=O)c1ccc(N2CCOCC2)cc1)N(C)C. The third-order valence-electron chi connectivity index (χ3n) is 3.84. The summed E-state index contributed by atoms with van der Waals surface area (Å²) in [7, 11) is 3.91. The first kappa shape index (κ1) is 22.6. The zero-order valence-electron chi connectivity index (χ0n) is 16.6. The van der Waals surface area contributed by atoms with Gasteiger partial charge in [-0.25, -0.2) is 0 Å². The monoisotopic (exact) mass is 336 g/mol. The lowest BCUT2D eigenvalue weighted by molar-refractivity contribution is 0.0871. The van der Waals surface area contributed by atoms with Crippen molar-refractivity contribution >= 4 is 11.5 Å². The molecule has 0 bridgehead atoms. The van der Waals surface area contributed by atoms with E-state index in [2.05, 4.69) is 4.90 Å². The van der Waals surface area contributed by atoms with E-state index in [0.29, 0.717) is 0 Å². The van der Waals surface area contributed by atoms with Crippen LogP contribution in [-0.4, -0.2) is 57.1 Å². The molecule has 1 fully saturated rings. The Bertz CT molecular complexity index is 437. The maximum absolute atomic E-state index is 12.4. The standard InChI is InChI=1S/C16H24N2O2.2C2H6/c1-4-15(17(2)3)16(19)13-5-7-14(8-6-13)18-9-11-20-12-10-18;2*1-2/h5-8,15H,4,9-12H2,1-3H3;2*1-2H3. The number of nitrogens with zero attached hydrogens (tertiary/aromatic N) is 2. The van der Waals surface area contributed by atoms with Gasteiger partial charge in [-0.1, -0.05) is 34.6 Å². The predicted molar refractivity (Wildman–Crippen MR) is 104 cm³/mol. The highest BCUT2D eigenvalue weighted by Crippen LogP contribution is 2.18. The lowest BCUT2D eigenvalue weighted by atomic mass is 10.0. The average molecular weight is 337 g/mol. The van der Waals surface area contributed by atoms with Gasteiger partial charge in [-0.15, -0.1) is 0 Å². The second kappa shape index (κ2) is 13.0. The molecule has 1 aromatic rings. The van der Waals surface area contributed by atoms with Gasteiger partial charge in [0.15, 0.2) is 5.78 Å². The molecular weight excluding hydrogens is 300 g/mol. The molecule has 1 aromatic carbocycles. The Morgan fingerprint density at radius 3 is 2.00 bits per heavy atom. The summed E-state index contributed by atoms with van der Waals surface area (Å²) in [6.45, 7) is 13.4. The van der Waals surface area contributed by atoms with Crippen LogP contribution in [0.3, 0.4) is 0 Å². The second-order valence-electron chi connectivity index (χ2n) is 5.40. The summed E-state index contributed by atoms with van der Waals surface area (Å²) in [5.74, 6) is 0.200. The first-order chi connectivity index (χ1) is 11.6. The number of likely N-dealkylation sites (N-methyl/N-ethyl adjacent to an activating group) is 1. The normalized spacial score (nSPS) is 14.9. The Morgan fingerprint density at radius 1 is 1.08 bits per heavy atom. The molecular formula is C20H36N2O2. The number of morpholine rings is 1. The fourth-order valence-electron chi connectivity index (χ4n) is 2.64. The first-order valence-electron chi connectivity index (χ1n) is 9.27. The quantitative estimate of drug-likeness (QED) is 0.758. The van der Waals surface area contributed by atoms with Gasteiger partial charge in [0.1, 0.15) is 0 Å². The minimum absolute atomic E-state index is 0.0377. The average Bonchev–Trinajstić information content (AvgIpc) is 2.66. The molecule has 2 rings (SSSR count). The first-order valence-corrected chi connectivity index (χ1v) is 9.27. The number of hydrogen-bond donors (Lipinski definition) is 0. The number of hydrogen-bond acceptors (Lipinski definition) is 4. The van der Waals surface area contributed by atoms with E-state index in [-0.39, 0.29) is 11.8 Å². The molecule has 0 radical (unpaired) electrons. The van der Waals surface area contributed by atoms with Crippen molar-refractivity contribution in [1.82, 2.24) is 4.90 Å². The van der Waals surface area contributed by atoms with Crippen LogP contribution in [-0.2, 0) is 4.74 Å². The smallest absolute Gasteiger partial charge is 0.179 e. The van der Waals surface area contributed by atoms with Gasteiger partial charge in [-0.05, 0) is 44.8 Å². The number of Topliss-reactive ketones (excluding diaryl/α,β-unsaturated/α-hetero) is 1. The summed E-state index contributed by atoms with van der Waals surface area (Å²) >= 11 is 0. The van der Waals surface area contributed by atoms with Crippen molar-refractivity contribution < 1.29 is 9.53 Å². The number of ketones is 1. The molecule has 24 heavy (non-hydrogen) atoms. The molecule has 1 aliphatic rings. The van der Waals surface area contributed by atoms with Crippen LogP contribution in [0, 0.1) is 0 Å². The van der Waals surface area contributed by atoms with Crippen molar-refractivity contribution in [3.8, 4) is 0 Å². The molecule has 0 amide bonds. The fraction of sp³-hybridized carbons (Fsp3) is 0.650. The van der Waals surface area contributed by atoms with Crippen molar-refractivity contribution in [1.29, 1.82) is 0 Å². The summed E-state index contributed by atoms with van der Waals surface area (Å²) < 4.78 is 5.35. The van der Waals surface area contributed by atoms with Gasteiger partial charge in [-0.3, -0.25) is 9.69 Å². The van der Waals surface area contributed by atoms with Gasteiger partial charge < -0.3 is 9.64 Å². The lowest BCUT2D eigenvalue weighted by Crippen LogP contribution is -2.36. The summed E-state index contributed by atoms with van der Waals surface area (Å²) in [6.07, 6.45) is 0.830. The zero-order chi connectivity index (χ0) is 18.5. The Kier molecular flexibility index (Phi) is 12.2. The second-order valence-corrected chi connectivity index (χ2v) is 5.40. The molecule has 4 heteroatoms. The molecule has 1 atom stereocenters. The number of anilines is 1. The van der Waals surface area contributed by atoms with Crippen LogP contribution in [0.5, 0.6) is 0 Å². The van der Waals surface area contributed by atoms with Crippen LogP contribution in [0.1, 0.15) is 51.4 Å². The van der Waals surface area contributed by atoms with E-state index < -0.39 is 0 Å². The van der Waals surface area contributed by atoms with E-state index in [1.807, 2.05) is 77.9 Å². The summed E-state index contributed by atoms with van der Waals surface area (Å²) in [5.41, 5.74) is 1.96. The molecule has 0 aromatic heterocycles. The predicted octanol–water partition coefficient (Wildman–Crippen LogP) is 4.10. The molecule has 4 nitrogen and oxygen atoms in total. The molecule has 0 aliphatic carbocycles. The molecule has 1 saturated heterocycles. The Balaban J connectivity index is 0.00000123. The highest BCUT2D eigenvalue weighted by molar-refractivity contribution is 6.00. The fourth-order valence-corrected chi connectivity index (χ4v) is 2.64. The van der Waals surface area contributed by atoms with Gasteiger partial charge in [0.2, 0.25) is 0 Å². The van der Waals surface area contributed by atoms with E-state index in [1.54, 1.807) is 0 Å². The third-order valence-corrected chi connectivity index (χ3v) is 3.84. The van der Waals surface area contributed by atoms with Crippen LogP contribution in [0.15, 0.2) is 24.3 Å². The van der Waals surface area contributed by atoms with Gasteiger partial charge in [-0.2, -0.15) is 0 Å². The van der Waals surface area contributed by atoms with Crippen molar-refractivity contribution in [2.75, 3.05) is 45.3 Å². The van der Waals surface area contributed by atoms with Crippen LogP contribution in [0.25, 0.3) is 0 Å². The number of carbonyl (C=O) groups is 1. The topological polar surface area (TPSA) is 32.8 Å². The van der Waals surface area contributed by atoms with E-state index in [4.69, 9.17) is 4.74 Å². The molecule has 1 aliphatic heterocycles. The van der Waals surface area contributed by atoms with E-state index >= 15 is 0 Å². The Morgan fingerprint density at radius 2 is 1.58 bits per heavy atom. The van der Waals surface area contributed by atoms with Crippen molar-refractivity contribution in [3.63, 3.8) is 0 Å². The minimum Gasteiger partial charge on any atom is -0.378 e.